The standard InChI is InChI=1S/C18H16ClFN2O2/c19-13-5-3-12(4-6-13)18(24)22-11-1-2-16(22)17(23)21-15-9-7-14(20)8-10-15/h3-10,16H,1-2,11H2,(H,21,23)/t16-/m1/s1. The zero-order valence-corrected chi connectivity index (χ0v) is 13.6. The van der Waals surface area contributed by atoms with Crippen molar-refractivity contribution in [2.24, 2.45) is 0 Å². The second kappa shape index (κ2) is 7.01. The Kier molecular flexibility index (Phi) is 4.81. The van der Waals surface area contributed by atoms with Crippen molar-refractivity contribution < 1.29 is 14.0 Å². The summed E-state index contributed by atoms with van der Waals surface area (Å²) in [5, 5.41) is 3.29. The number of likely N-dealkylation sites (tertiary alicyclic amines) is 1. The van der Waals surface area contributed by atoms with Crippen LogP contribution in [0, 0.1) is 5.82 Å². The second-order valence-corrected chi connectivity index (χ2v) is 6.10. The molecule has 1 N–H and O–H groups in total. The molecule has 0 aromatic heterocycles. The van der Waals surface area contributed by atoms with Gasteiger partial charge in [-0.1, -0.05) is 11.6 Å². The van der Waals surface area contributed by atoms with Gasteiger partial charge in [-0.3, -0.25) is 9.59 Å². The fourth-order valence-corrected chi connectivity index (χ4v) is 2.93. The molecule has 4 nitrogen and oxygen atoms in total. The van der Waals surface area contributed by atoms with Crippen LogP contribution in [0.4, 0.5) is 10.1 Å². The number of halogens is 2. The lowest BCUT2D eigenvalue weighted by Gasteiger charge is -2.24. The molecular weight excluding hydrogens is 331 g/mol. The van der Waals surface area contributed by atoms with E-state index in [2.05, 4.69) is 5.32 Å². The number of amides is 2. The normalized spacial score (nSPS) is 16.9. The van der Waals surface area contributed by atoms with Gasteiger partial charge in [-0.15, -0.1) is 0 Å². The van der Waals surface area contributed by atoms with E-state index in [0.717, 1.165) is 6.42 Å². The summed E-state index contributed by atoms with van der Waals surface area (Å²) < 4.78 is 12.9. The maximum atomic E-state index is 12.9. The van der Waals surface area contributed by atoms with Crippen LogP contribution in [0.15, 0.2) is 48.5 Å². The Morgan fingerprint density at radius 2 is 1.75 bits per heavy atom. The summed E-state index contributed by atoms with van der Waals surface area (Å²) in [6, 6.07) is 11.6. The molecule has 2 aromatic rings. The highest BCUT2D eigenvalue weighted by molar-refractivity contribution is 6.30. The molecule has 2 aromatic carbocycles. The molecule has 1 aliphatic heterocycles. The smallest absolute Gasteiger partial charge is 0.254 e. The molecule has 0 radical (unpaired) electrons. The highest BCUT2D eigenvalue weighted by Gasteiger charge is 2.34. The Balaban J connectivity index is 1.72. The van der Waals surface area contributed by atoms with Crippen LogP contribution in [0.2, 0.25) is 5.02 Å². The lowest BCUT2D eigenvalue weighted by molar-refractivity contribution is -0.119. The Morgan fingerprint density at radius 1 is 1.08 bits per heavy atom. The first-order valence-corrected chi connectivity index (χ1v) is 8.05. The van der Waals surface area contributed by atoms with Gasteiger partial charge >= 0.3 is 0 Å². The number of nitrogens with zero attached hydrogens (tertiary/aromatic N) is 1. The maximum Gasteiger partial charge on any atom is 0.254 e. The molecule has 0 saturated carbocycles. The van der Waals surface area contributed by atoms with Crippen molar-refractivity contribution in [3.05, 3.63) is 64.9 Å². The van der Waals surface area contributed by atoms with Gasteiger partial charge in [0.2, 0.25) is 5.91 Å². The number of carbonyl (C=O) groups is 2. The van der Waals surface area contributed by atoms with E-state index in [1.807, 2.05) is 0 Å². The van der Waals surface area contributed by atoms with Gasteiger partial charge in [-0.25, -0.2) is 4.39 Å². The Bertz CT molecular complexity index is 747. The third kappa shape index (κ3) is 3.57. The van der Waals surface area contributed by atoms with Gasteiger partial charge in [0.15, 0.2) is 0 Å². The SMILES string of the molecule is O=C(Nc1ccc(F)cc1)[C@H]1CCCN1C(=O)c1ccc(Cl)cc1. The van der Waals surface area contributed by atoms with E-state index >= 15 is 0 Å². The molecule has 0 unspecified atom stereocenters. The monoisotopic (exact) mass is 346 g/mol. The van der Waals surface area contributed by atoms with E-state index in [1.165, 1.54) is 24.3 Å². The first kappa shape index (κ1) is 16.5. The zero-order valence-electron chi connectivity index (χ0n) is 12.8. The largest absolute Gasteiger partial charge is 0.327 e. The molecule has 1 fully saturated rings. The summed E-state index contributed by atoms with van der Waals surface area (Å²) in [5.74, 6) is -0.821. The van der Waals surface area contributed by atoms with Crippen molar-refractivity contribution in [2.45, 2.75) is 18.9 Å². The first-order valence-electron chi connectivity index (χ1n) is 7.67. The quantitative estimate of drug-likeness (QED) is 0.920. The average molecular weight is 347 g/mol. The van der Waals surface area contributed by atoms with Crippen LogP contribution in [0.3, 0.4) is 0 Å². The van der Waals surface area contributed by atoms with Crippen LogP contribution in [0.1, 0.15) is 23.2 Å². The first-order chi connectivity index (χ1) is 11.5. The Morgan fingerprint density at radius 3 is 2.42 bits per heavy atom. The second-order valence-electron chi connectivity index (χ2n) is 5.66. The van der Waals surface area contributed by atoms with E-state index in [-0.39, 0.29) is 17.6 Å². The third-order valence-corrected chi connectivity index (χ3v) is 4.27. The summed E-state index contributed by atoms with van der Waals surface area (Å²) in [7, 11) is 0. The summed E-state index contributed by atoms with van der Waals surface area (Å²) in [5.41, 5.74) is 1.01. The Labute approximate surface area is 144 Å². The summed E-state index contributed by atoms with van der Waals surface area (Å²) >= 11 is 5.84. The van der Waals surface area contributed by atoms with Gasteiger partial charge in [0.1, 0.15) is 11.9 Å². The molecule has 1 atom stereocenters. The van der Waals surface area contributed by atoms with Gasteiger partial charge in [0.05, 0.1) is 0 Å². The van der Waals surface area contributed by atoms with Gasteiger partial charge < -0.3 is 10.2 Å². The summed E-state index contributed by atoms with van der Waals surface area (Å²) in [6.45, 7) is 0.531. The zero-order chi connectivity index (χ0) is 17.1. The molecule has 0 spiro atoms. The van der Waals surface area contributed by atoms with Crippen LogP contribution >= 0.6 is 11.6 Å². The summed E-state index contributed by atoms with van der Waals surface area (Å²) in [4.78, 5) is 26.7. The van der Waals surface area contributed by atoms with Crippen molar-refractivity contribution in [1.82, 2.24) is 4.90 Å². The van der Waals surface area contributed by atoms with Gasteiger partial charge in [0.25, 0.3) is 5.91 Å². The highest BCUT2D eigenvalue weighted by Crippen LogP contribution is 2.22. The molecule has 1 saturated heterocycles. The molecular formula is C18H16ClFN2O2. The van der Waals surface area contributed by atoms with Crippen molar-refractivity contribution >= 4 is 29.1 Å². The predicted octanol–water partition coefficient (Wildman–Crippen LogP) is 3.72. The Hall–Kier alpha value is -2.40. The molecule has 1 aliphatic rings. The molecule has 3 rings (SSSR count). The third-order valence-electron chi connectivity index (χ3n) is 4.02. The van der Waals surface area contributed by atoms with Crippen LogP contribution < -0.4 is 5.32 Å². The number of anilines is 1. The van der Waals surface area contributed by atoms with Crippen LogP contribution in [0.25, 0.3) is 0 Å². The van der Waals surface area contributed by atoms with Crippen molar-refractivity contribution in [2.75, 3.05) is 11.9 Å². The number of benzene rings is 2. The molecule has 24 heavy (non-hydrogen) atoms. The molecule has 1 heterocycles. The number of rotatable bonds is 3. The van der Waals surface area contributed by atoms with E-state index < -0.39 is 6.04 Å². The summed E-state index contributed by atoms with van der Waals surface area (Å²) in [6.07, 6.45) is 1.37. The number of hydrogen-bond acceptors (Lipinski definition) is 2. The van der Waals surface area contributed by atoms with Crippen molar-refractivity contribution in [1.29, 1.82) is 0 Å². The van der Waals surface area contributed by atoms with Gasteiger partial charge in [-0.2, -0.15) is 0 Å². The lowest BCUT2D eigenvalue weighted by atomic mass is 10.1. The molecule has 2 amide bonds. The number of nitrogens with one attached hydrogen (secondary N) is 1. The molecule has 124 valence electrons. The minimum atomic E-state index is -0.529. The van der Waals surface area contributed by atoms with Crippen LogP contribution in [-0.2, 0) is 4.79 Å². The highest BCUT2D eigenvalue weighted by atomic mass is 35.5. The van der Waals surface area contributed by atoms with Crippen molar-refractivity contribution in [3.8, 4) is 0 Å². The van der Waals surface area contributed by atoms with Gasteiger partial charge in [-0.05, 0) is 61.4 Å². The minimum Gasteiger partial charge on any atom is -0.327 e. The minimum absolute atomic E-state index is 0.191. The molecule has 0 aliphatic carbocycles. The fourth-order valence-electron chi connectivity index (χ4n) is 2.80. The number of carbonyl (C=O) groups excluding carboxylic acids is 2. The van der Waals surface area contributed by atoms with E-state index in [9.17, 15) is 14.0 Å². The average Bonchev–Trinajstić information content (AvgIpc) is 3.07. The van der Waals surface area contributed by atoms with E-state index in [0.29, 0.717) is 29.2 Å². The topological polar surface area (TPSA) is 49.4 Å². The van der Waals surface area contributed by atoms with Crippen molar-refractivity contribution in [3.63, 3.8) is 0 Å². The predicted molar refractivity (Wildman–Crippen MR) is 90.5 cm³/mol. The van der Waals surface area contributed by atoms with E-state index in [1.54, 1.807) is 29.2 Å². The maximum absolute atomic E-state index is 12.9. The van der Waals surface area contributed by atoms with Crippen LogP contribution in [-0.4, -0.2) is 29.3 Å². The fraction of sp³-hybridized carbons (Fsp3) is 0.222. The molecule has 6 heteroatoms. The van der Waals surface area contributed by atoms with Crippen LogP contribution in [0.5, 0.6) is 0 Å². The van der Waals surface area contributed by atoms with Gasteiger partial charge in [0, 0.05) is 22.8 Å². The molecule has 0 bridgehead atoms. The van der Waals surface area contributed by atoms with E-state index in [4.69, 9.17) is 11.6 Å². The lowest BCUT2D eigenvalue weighted by Crippen LogP contribution is -2.43. The number of hydrogen-bond donors (Lipinski definition) is 1.